The Labute approximate surface area is 104 Å². The summed E-state index contributed by atoms with van der Waals surface area (Å²) in [7, 11) is 0. The molecule has 0 aliphatic rings. The number of halogens is 3. The first kappa shape index (κ1) is 14.5. The van der Waals surface area contributed by atoms with Crippen molar-refractivity contribution in [2.24, 2.45) is 5.92 Å². The summed E-state index contributed by atoms with van der Waals surface area (Å²) in [5, 5.41) is 1.84. The van der Waals surface area contributed by atoms with Crippen LogP contribution in [0, 0.1) is 5.92 Å². The van der Waals surface area contributed by atoms with Crippen molar-refractivity contribution in [2.75, 3.05) is 0 Å². The summed E-state index contributed by atoms with van der Waals surface area (Å²) in [6.45, 7) is 4.08. The van der Waals surface area contributed by atoms with Gasteiger partial charge >= 0.3 is 12.1 Å². The monoisotopic (exact) mass is 259 g/mol. The Bertz CT molecular complexity index is 396. The van der Waals surface area contributed by atoms with Crippen LogP contribution < -0.4 is 5.32 Å². The third-order valence-corrected chi connectivity index (χ3v) is 2.38. The first-order chi connectivity index (χ1) is 8.29. The lowest BCUT2D eigenvalue weighted by atomic mass is 10.0. The van der Waals surface area contributed by atoms with E-state index in [1.54, 1.807) is 12.1 Å². The second-order valence-electron chi connectivity index (χ2n) is 4.59. The van der Waals surface area contributed by atoms with Gasteiger partial charge in [-0.3, -0.25) is 4.79 Å². The lowest BCUT2D eigenvalue weighted by Crippen LogP contribution is -2.36. The molecular weight excluding hydrogens is 243 g/mol. The molecule has 5 heteroatoms. The van der Waals surface area contributed by atoms with Crippen LogP contribution in [0.1, 0.15) is 25.0 Å². The molecule has 0 fully saturated rings. The second kappa shape index (κ2) is 5.89. The number of hydrogen-bond acceptors (Lipinski definition) is 1. The molecule has 0 unspecified atom stereocenters. The number of amides is 1. The van der Waals surface area contributed by atoms with E-state index in [0.29, 0.717) is 11.5 Å². The van der Waals surface area contributed by atoms with Crippen molar-refractivity contribution >= 4 is 5.91 Å². The highest BCUT2D eigenvalue weighted by molar-refractivity contribution is 5.81. The fourth-order valence-corrected chi connectivity index (χ4v) is 1.55. The minimum Gasteiger partial charge on any atom is -0.344 e. The molecule has 0 saturated carbocycles. The van der Waals surface area contributed by atoms with Gasteiger partial charge in [0.2, 0.25) is 0 Å². The zero-order valence-corrected chi connectivity index (χ0v) is 10.3. The van der Waals surface area contributed by atoms with Crippen LogP contribution in [0.15, 0.2) is 24.3 Å². The van der Waals surface area contributed by atoms with Gasteiger partial charge in [-0.05, 0) is 23.5 Å². The minimum absolute atomic E-state index is 0.111. The van der Waals surface area contributed by atoms with Crippen molar-refractivity contribution in [2.45, 2.75) is 33.0 Å². The van der Waals surface area contributed by atoms with E-state index in [-0.39, 0.29) is 6.54 Å². The van der Waals surface area contributed by atoms with Crippen molar-refractivity contribution < 1.29 is 18.0 Å². The smallest absolute Gasteiger partial charge is 0.344 e. The van der Waals surface area contributed by atoms with Crippen LogP contribution in [0.3, 0.4) is 0 Å². The van der Waals surface area contributed by atoms with E-state index in [0.717, 1.165) is 12.0 Å². The lowest BCUT2D eigenvalue weighted by Gasteiger charge is -2.09. The van der Waals surface area contributed by atoms with Crippen molar-refractivity contribution in [1.82, 2.24) is 5.32 Å². The van der Waals surface area contributed by atoms with E-state index in [1.165, 1.54) is 0 Å². The Morgan fingerprint density at radius 3 is 2.11 bits per heavy atom. The molecule has 100 valence electrons. The molecule has 1 N–H and O–H groups in total. The van der Waals surface area contributed by atoms with Crippen LogP contribution in [0.5, 0.6) is 0 Å². The first-order valence-electron chi connectivity index (χ1n) is 5.72. The number of hydrogen-bond donors (Lipinski definition) is 1. The van der Waals surface area contributed by atoms with E-state index < -0.39 is 12.1 Å². The molecule has 0 aliphatic heterocycles. The first-order valence-corrected chi connectivity index (χ1v) is 5.72. The quantitative estimate of drug-likeness (QED) is 0.884. The molecule has 0 aromatic heterocycles. The zero-order chi connectivity index (χ0) is 13.8. The van der Waals surface area contributed by atoms with Crippen LogP contribution in [0.25, 0.3) is 0 Å². The van der Waals surface area contributed by atoms with E-state index in [4.69, 9.17) is 0 Å². The highest BCUT2D eigenvalue weighted by Crippen LogP contribution is 2.15. The predicted octanol–water partition coefficient (Wildman–Crippen LogP) is 3.06. The summed E-state index contributed by atoms with van der Waals surface area (Å²) in [6.07, 6.45) is -3.90. The molecule has 0 bridgehead atoms. The molecule has 18 heavy (non-hydrogen) atoms. The average Bonchev–Trinajstić information content (AvgIpc) is 2.25. The minimum atomic E-state index is -4.82. The maximum absolute atomic E-state index is 11.9. The van der Waals surface area contributed by atoms with E-state index in [9.17, 15) is 18.0 Å². The molecule has 0 heterocycles. The van der Waals surface area contributed by atoms with Gasteiger partial charge in [0.25, 0.3) is 0 Å². The molecule has 1 aromatic carbocycles. The van der Waals surface area contributed by atoms with Crippen LogP contribution in [0.4, 0.5) is 13.2 Å². The lowest BCUT2D eigenvalue weighted by molar-refractivity contribution is -0.173. The van der Waals surface area contributed by atoms with Crippen LogP contribution >= 0.6 is 0 Å². The fourth-order valence-electron chi connectivity index (χ4n) is 1.55. The third kappa shape index (κ3) is 4.77. The molecule has 0 aliphatic carbocycles. The van der Waals surface area contributed by atoms with Gasteiger partial charge in [-0.1, -0.05) is 38.1 Å². The molecule has 2 nitrogen and oxygen atoms in total. The van der Waals surface area contributed by atoms with Gasteiger partial charge in [0.15, 0.2) is 0 Å². The van der Waals surface area contributed by atoms with Gasteiger partial charge in [0, 0.05) is 6.54 Å². The van der Waals surface area contributed by atoms with E-state index in [2.05, 4.69) is 13.8 Å². The number of rotatable bonds is 4. The summed E-state index contributed by atoms with van der Waals surface area (Å²) in [4.78, 5) is 10.6. The highest BCUT2D eigenvalue weighted by Gasteiger charge is 2.38. The van der Waals surface area contributed by atoms with E-state index >= 15 is 0 Å². The van der Waals surface area contributed by atoms with Crippen molar-refractivity contribution in [1.29, 1.82) is 0 Å². The number of carbonyl (C=O) groups excluding carboxylic acids is 1. The third-order valence-electron chi connectivity index (χ3n) is 2.38. The predicted molar refractivity (Wildman–Crippen MR) is 62.9 cm³/mol. The number of benzene rings is 1. The maximum atomic E-state index is 11.9. The topological polar surface area (TPSA) is 29.1 Å². The van der Waals surface area contributed by atoms with Gasteiger partial charge in [0.1, 0.15) is 0 Å². The summed E-state index contributed by atoms with van der Waals surface area (Å²) < 4.78 is 35.8. The Kier molecular flexibility index (Phi) is 4.76. The van der Waals surface area contributed by atoms with Gasteiger partial charge < -0.3 is 5.32 Å². The van der Waals surface area contributed by atoms with Crippen LogP contribution in [0.2, 0.25) is 0 Å². The second-order valence-corrected chi connectivity index (χ2v) is 4.59. The van der Waals surface area contributed by atoms with Crippen molar-refractivity contribution in [3.63, 3.8) is 0 Å². The standard InChI is InChI=1S/C13H16F3NO/c1-9(2)7-10-3-5-11(6-4-10)8-17-12(18)13(14,15)16/h3-6,9H,7-8H2,1-2H3,(H,17,18). The van der Waals surface area contributed by atoms with Gasteiger partial charge in [0.05, 0.1) is 0 Å². The molecule has 1 aromatic rings. The number of carbonyl (C=O) groups is 1. The van der Waals surface area contributed by atoms with Crippen molar-refractivity contribution in [3.05, 3.63) is 35.4 Å². The summed E-state index contributed by atoms with van der Waals surface area (Å²) in [5.41, 5.74) is 1.79. The molecule has 1 amide bonds. The van der Waals surface area contributed by atoms with Crippen LogP contribution in [-0.2, 0) is 17.8 Å². The highest BCUT2D eigenvalue weighted by atomic mass is 19.4. The number of nitrogens with one attached hydrogen (secondary N) is 1. The number of alkyl halides is 3. The molecule has 0 atom stereocenters. The van der Waals surface area contributed by atoms with Crippen molar-refractivity contribution in [3.8, 4) is 0 Å². The molecule has 1 rings (SSSR count). The largest absolute Gasteiger partial charge is 0.471 e. The summed E-state index contributed by atoms with van der Waals surface area (Å²) >= 11 is 0. The molecule has 0 saturated heterocycles. The molecule has 0 radical (unpaired) electrons. The fraction of sp³-hybridized carbons (Fsp3) is 0.462. The van der Waals surface area contributed by atoms with Crippen LogP contribution in [-0.4, -0.2) is 12.1 Å². The molecule has 0 spiro atoms. The Morgan fingerprint density at radius 2 is 1.67 bits per heavy atom. The normalized spacial score (nSPS) is 11.7. The average molecular weight is 259 g/mol. The van der Waals surface area contributed by atoms with Gasteiger partial charge in [-0.15, -0.1) is 0 Å². The Balaban J connectivity index is 2.52. The maximum Gasteiger partial charge on any atom is 0.471 e. The SMILES string of the molecule is CC(C)Cc1ccc(CNC(=O)C(F)(F)F)cc1. The zero-order valence-electron chi connectivity index (χ0n) is 10.3. The van der Waals surface area contributed by atoms with Gasteiger partial charge in [-0.25, -0.2) is 0 Å². The Hall–Kier alpha value is -1.52. The summed E-state index contributed by atoms with van der Waals surface area (Å²) in [6, 6.07) is 7.20. The molecular formula is C13H16F3NO. The van der Waals surface area contributed by atoms with Gasteiger partial charge in [-0.2, -0.15) is 13.2 Å². The summed E-state index contributed by atoms with van der Waals surface area (Å²) in [5.74, 6) is -1.38. The Morgan fingerprint density at radius 1 is 1.17 bits per heavy atom. The van der Waals surface area contributed by atoms with E-state index in [1.807, 2.05) is 17.4 Å².